The zero-order chi connectivity index (χ0) is 13.0. The first-order valence-corrected chi connectivity index (χ1v) is 7.43. The highest BCUT2D eigenvalue weighted by Crippen LogP contribution is 2.31. The fourth-order valence-electron chi connectivity index (χ4n) is 2.37. The number of rotatable bonds is 5. The van der Waals surface area contributed by atoms with E-state index in [-0.39, 0.29) is 5.91 Å². The third-order valence-corrected chi connectivity index (χ3v) is 4.45. The molecule has 1 heterocycles. The Morgan fingerprint density at radius 2 is 2.22 bits per heavy atom. The molecule has 1 aromatic rings. The van der Waals surface area contributed by atoms with Crippen molar-refractivity contribution in [2.45, 2.75) is 32.6 Å². The fraction of sp³-hybridized carbons (Fsp3) is 0.615. The Kier molecular flexibility index (Phi) is 4.47. The number of carbonyl (C=O) groups excluding carboxylic acids is 1. The molecule has 0 saturated heterocycles. The maximum atomic E-state index is 11.7. The highest BCUT2D eigenvalue weighted by atomic mass is 32.1. The topological polar surface area (TPSA) is 67.2 Å². The van der Waals surface area contributed by atoms with Crippen LogP contribution in [0.25, 0.3) is 0 Å². The molecule has 18 heavy (non-hydrogen) atoms. The van der Waals surface area contributed by atoms with Crippen molar-refractivity contribution in [2.75, 3.05) is 24.1 Å². The molecule has 0 bridgehead atoms. The molecule has 2 rings (SSSR count). The molecule has 1 aliphatic rings. The molecule has 1 aromatic heterocycles. The van der Waals surface area contributed by atoms with Crippen LogP contribution < -0.4 is 16.4 Å². The van der Waals surface area contributed by atoms with Gasteiger partial charge in [-0.2, -0.15) is 0 Å². The van der Waals surface area contributed by atoms with Crippen LogP contribution >= 0.6 is 11.3 Å². The number of nitrogens with two attached hydrogens (primary N) is 1. The first-order valence-electron chi connectivity index (χ1n) is 6.62. The van der Waals surface area contributed by atoms with Gasteiger partial charge in [0.05, 0.1) is 10.7 Å². The summed E-state index contributed by atoms with van der Waals surface area (Å²) >= 11 is 1.44. The number of hydrogen-bond acceptors (Lipinski definition) is 4. The minimum atomic E-state index is -0.0751. The lowest BCUT2D eigenvalue weighted by Gasteiger charge is -2.09. The van der Waals surface area contributed by atoms with E-state index in [1.165, 1.54) is 37.0 Å². The Morgan fingerprint density at radius 1 is 1.50 bits per heavy atom. The first kappa shape index (κ1) is 13.2. The molecule has 5 heteroatoms. The Morgan fingerprint density at radius 3 is 2.89 bits per heavy atom. The quantitative estimate of drug-likeness (QED) is 0.768. The number of amides is 1. The van der Waals surface area contributed by atoms with Crippen molar-refractivity contribution in [3.8, 4) is 0 Å². The van der Waals surface area contributed by atoms with Gasteiger partial charge in [0, 0.05) is 13.1 Å². The molecule has 4 N–H and O–H groups in total. The second kappa shape index (κ2) is 6.09. The number of carbonyl (C=O) groups is 1. The van der Waals surface area contributed by atoms with Crippen molar-refractivity contribution >= 4 is 27.9 Å². The van der Waals surface area contributed by atoms with E-state index in [0.717, 1.165) is 17.5 Å². The normalized spacial score (nSPS) is 15.8. The van der Waals surface area contributed by atoms with Crippen LogP contribution in [-0.2, 0) is 0 Å². The second-order valence-corrected chi connectivity index (χ2v) is 5.84. The van der Waals surface area contributed by atoms with Gasteiger partial charge < -0.3 is 16.4 Å². The van der Waals surface area contributed by atoms with E-state index in [4.69, 9.17) is 5.73 Å². The monoisotopic (exact) mass is 267 g/mol. The number of nitrogen functional groups attached to an aromatic ring is 1. The molecular weight excluding hydrogens is 246 g/mol. The van der Waals surface area contributed by atoms with E-state index in [0.29, 0.717) is 17.1 Å². The minimum Gasteiger partial charge on any atom is -0.397 e. The van der Waals surface area contributed by atoms with Gasteiger partial charge in [0.1, 0.15) is 4.88 Å². The minimum absolute atomic E-state index is 0.0751. The highest BCUT2D eigenvalue weighted by Gasteiger charge is 2.17. The van der Waals surface area contributed by atoms with E-state index in [9.17, 15) is 4.79 Å². The molecule has 100 valence electrons. The zero-order valence-corrected chi connectivity index (χ0v) is 11.6. The number of anilines is 2. The molecule has 0 atom stereocenters. The van der Waals surface area contributed by atoms with Crippen molar-refractivity contribution in [3.05, 3.63) is 10.9 Å². The van der Waals surface area contributed by atoms with Crippen LogP contribution in [0, 0.1) is 5.92 Å². The van der Waals surface area contributed by atoms with Gasteiger partial charge in [0.25, 0.3) is 5.91 Å². The second-order valence-electron chi connectivity index (χ2n) is 4.79. The summed E-state index contributed by atoms with van der Waals surface area (Å²) in [6.07, 6.45) is 5.33. The standard InChI is InChI=1S/C13H21N3OS/c1-2-15-13(17)12-10(14)7-11(18-12)16-8-9-5-3-4-6-9/h7,9,16H,2-6,8,14H2,1H3,(H,15,17). The predicted molar refractivity (Wildman–Crippen MR) is 77.2 cm³/mol. The Bertz CT molecular complexity index is 410. The van der Waals surface area contributed by atoms with Crippen LogP contribution in [0.15, 0.2) is 6.07 Å². The summed E-state index contributed by atoms with van der Waals surface area (Å²) in [5.41, 5.74) is 6.44. The summed E-state index contributed by atoms with van der Waals surface area (Å²) in [4.78, 5) is 12.3. The molecule has 0 spiro atoms. The van der Waals surface area contributed by atoms with Crippen LogP contribution in [0.3, 0.4) is 0 Å². The largest absolute Gasteiger partial charge is 0.397 e. The van der Waals surface area contributed by atoms with Crippen molar-refractivity contribution in [1.82, 2.24) is 5.32 Å². The summed E-state index contributed by atoms with van der Waals surface area (Å²) in [7, 11) is 0. The van der Waals surface area contributed by atoms with E-state index in [2.05, 4.69) is 10.6 Å². The lowest BCUT2D eigenvalue weighted by molar-refractivity contribution is 0.0960. The molecule has 1 fully saturated rings. The molecule has 1 amide bonds. The molecule has 1 aliphatic carbocycles. The SMILES string of the molecule is CCNC(=O)c1sc(NCC2CCCC2)cc1N. The Balaban J connectivity index is 1.93. The molecule has 0 aromatic carbocycles. The van der Waals surface area contributed by atoms with Crippen molar-refractivity contribution in [2.24, 2.45) is 5.92 Å². The lowest BCUT2D eigenvalue weighted by Crippen LogP contribution is -2.22. The first-order chi connectivity index (χ1) is 8.70. The van der Waals surface area contributed by atoms with Gasteiger partial charge >= 0.3 is 0 Å². The van der Waals surface area contributed by atoms with Crippen LogP contribution in [-0.4, -0.2) is 19.0 Å². The summed E-state index contributed by atoms with van der Waals surface area (Å²) in [5.74, 6) is 0.704. The summed E-state index contributed by atoms with van der Waals surface area (Å²) in [6, 6.07) is 1.87. The lowest BCUT2D eigenvalue weighted by atomic mass is 10.1. The van der Waals surface area contributed by atoms with E-state index < -0.39 is 0 Å². The fourth-order valence-corrected chi connectivity index (χ4v) is 3.27. The van der Waals surface area contributed by atoms with E-state index in [1.807, 2.05) is 13.0 Å². The average Bonchev–Trinajstić information content (AvgIpc) is 2.96. The summed E-state index contributed by atoms with van der Waals surface area (Å²) < 4.78 is 0. The van der Waals surface area contributed by atoms with Gasteiger partial charge in [-0.25, -0.2) is 0 Å². The molecule has 4 nitrogen and oxygen atoms in total. The third-order valence-electron chi connectivity index (χ3n) is 3.34. The highest BCUT2D eigenvalue weighted by molar-refractivity contribution is 7.18. The molecule has 1 saturated carbocycles. The third kappa shape index (κ3) is 3.16. The van der Waals surface area contributed by atoms with Gasteiger partial charge in [0.15, 0.2) is 0 Å². The number of hydrogen-bond donors (Lipinski definition) is 3. The van der Waals surface area contributed by atoms with Crippen LogP contribution in [0.1, 0.15) is 42.3 Å². The zero-order valence-electron chi connectivity index (χ0n) is 10.8. The van der Waals surface area contributed by atoms with Crippen LogP contribution in [0.5, 0.6) is 0 Å². The number of thiophene rings is 1. The van der Waals surface area contributed by atoms with Gasteiger partial charge in [-0.15, -0.1) is 11.3 Å². The predicted octanol–water partition coefficient (Wildman–Crippen LogP) is 2.68. The van der Waals surface area contributed by atoms with Gasteiger partial charge in [-0.05, 0) is 31.7 Å². The molecule has 0 unspecified atom stereocenters. The summed E-state index contributed by atoms with van der Waals surface area (Å²) in [5, 5.41) is 7.18. The molecule has 0 radical (unpaired) electrons. The summed E-state index contributed by atoms with van der Waals surface area (Å²) in [6.45, 7) is 3.52. The van der Waals surface area contributed by atoms with Gasteiger partial charge in [-0.3, -0.25) is 4.79 Å². The Hall–Kier alpha value is -1.23. The molecule has 0 aliphatic heterocycles. The van der Waals surface area contributed by atoms with E-state index in [1.54, 1.807) is 0 Å². The maximum absolute atomic E-state index is 11.7. The van der Waals surface area contributed by atoms with E-state index >= 15 is 0 Å². The number of nitrogens with one attached hydrogen (secondary N) is 2. The average molecular weight is 267 g/mol. The van der Waals surface area contributed by atoms with Crippen molar-refractivity contribution in [3.63, 3.8) is 0 Å². The van der Waals surface area contributed by atoms with Crippen LogP contribution in [0.4, 0.5) is 10.7 Å². The van der Waals surface area contributed by atoms with Crippen LogP contribution in [0.2, 0.25) is 0 Å². The molecular formula is C13H21N3OS. The van der Waals surface area contributed by atoms with Crippen molar-refractivity contribution < 1.29 is 4.79 Å². The van der Waals surface area contributed by atoms with Crippen molar-refractivity contribution in [1.29, 1.82) is 0 Å². The van der Waals surface area contributed by atoms with Gasteiger partial charge in [0.2, 0.25) is 0 Å². The smallest absolute Gasteiger partial charge is 0.263 e. The van der Waals surface area contributed by atoms with Gasteiger partial charge in [-0.1, -0.05) is 12.8 Å². The maximum Gasteiger partial charge on any atom is 0.263 e. The Labute approximate surface area is 112 Å².